The van der Waals surface area contributed by atoms with Crippen LogP contribution >= 0.6 is 0 Å². The zero-order valence-electron chi connectivity index (χ0n) is 16.4. The van der Waals surface area contributed by atoms with Gasteiger partial charge in [-0.3, -0.25) is 9.48 Å². The normalized spacial score (nSPS) is 16.3. The first-order chi connectivity index (χ1) is 14.6. The molecule has 0 bridgehead atoms. The maximum atomic E-state index is 13.7. The number of benzene rings is 1. The highest BCUT2D eigenvalue weighted by Crippen LogP contribution is 2.35. The molecule has 4 heterocycles. The molecule has 8 nitrogen and oxygen atoms in total. The van der Waals surface area contributed by atoms with Crippen LogP contribution in [0.25, 0.3) is 5.65 Å². The number of rotatable bonds is 4. The number of aromatic nitrogens is 5. The van der Waals surface area contributed by atoms with E-state index >= 15 is 0 Å². The van der Waals surface area contributed by atoms with E-state index in [0.717, 1.165) is 30.8 Å². The van der Waals surface area contributed by atoms with Gasteiger partial charge in [0.15, 0.2) is 11.3 Å². The van der Waals surface area contributed by atoms with Crippen molar-refractivity contribution in [2.75, 3.05) is 16.8 Å². The average molecular weight is 405 g/mol. The van der Waals surface area contributed by atoms with Crippen LogP contribution in [0.15, 0.2) is 55.0 Å². The number of carbonyl (C=O) groups is 1. The number of hydrogen-bond acceptors (Lipinski definition) is 5. The predicted molar refractivity (Wildman–Crippen MR) is 110 cm³/mol. The third kappa shape index (κ3) is 3.28. The fourth-order valence-electron chi connectivity index (χ4n) is 3.93. The van der Waals surface area contributed by atoms with Crippen LogP contribution < -0.4 is 10.2 Å². The van der Waals surface area contributed by atoms with Crippen molar-refractivity contribution in [2.24, 2.45) is 7.05 Å². The number of nitrogens with one attached hydrogen (secondary N) is 1. The molecular weight excluding hydrogens is 385 g/mol. The molecule has 1 atom stereocenters. The molecule has 0 aliphatic carbocycles. The summed E-state index contributed by atoms with van der Waals surface area (Å²) in [7, 11) is 1.75. The van der Waals surface area contributed by atoms with Gasteiger partial charge in [-0.25, -0.2) is 13.9 Å². The predicted octanol–water partition coefficient (Wildman–Crippen LogP) is 3.20. The number of halogens is 1. The van der Waals surface area contributed by atoms with Crippen LogP contribution in [0, 0.1) is 5.82 Å². The van der Waals surface area contributed by atoms with Gasteiger partial charge in [0, 0.05) is 26.0 Å². The van der Waals surface area contributed by atoms with Gasteiger partial charge in [-0.1, -0.05) is 12.1 Å². The monoisotopic (exact) mass is 405 g/mol. The Kier molecular flexibility index (Phi) is 4.42. The summed E-state index contributed by atoms with van der Waals surface area (Å²) < 4.78 is 16.9. The number of fused-ring (bicyclic) bond motifs is 1. The van der Waals surface area contributed by atoms with Crippen molar-refractivity contribution in [1.82, 2.24) is 24.4 Å². The Bertz CT molecular complexity index is 1230. The third-order valence-corrected chi connectivity index (χ3v) is 5.33. The molecular formula is C21H20FN7O. The molecule has 0 spiro atoms. The Morgan fingerprint density at radius 3 is 2.93 bits per heavy atom. The SMILES string of the molecule is Cn1ccc(C(=O)Nc2cnn3ccc(N4CCC[C@@H]4c4cccc(F)c4)nc23)n1. The van der Waals surface area contributed by atoms with Gasteiger partial charge in [-0.15, -0.1) is 0 Å². The molecule has 5 rings (SSSR count). The second-order valence-corrected chi connectivity index (χ2v) is 7.35. The van der Waals surface area contributed by atoms with E-state index in [4.69, 9.17) is 4.98 Å². The number of anilines is 2. The minimum atomic E-state index is -0.323. The first-order valence-electron chi connectivity index (χ1n) is 9.76. The maximum Gasteiger partial charge on any atom is 0.276 e. The van der Waals surface area contributed by atoms with E-state index in [1.165, 1.54) is 6.07 Å². The van der Waals surface area contributed by atoms with E-state index in [1.54, 1.807) is 46.8 Å². The highest BCUT2D eigenvalue weighted by atomic mass is 19.1. The number of aryl methyl sites for hydroxylation is 1. The van der Waals surface area contributed by atoms with Crippen LogP contribution in [0.5, 0.6) is 0 Å². The molecule has 1 aromatic carbocycles. The van der Waals surface area contributed by atoms with Gasteiger partial charge in [-0.05, 0) is 42.7 Å². The highest BCUT2D eigenvalue weighted by Gasteiger charge is 2.28. The van der Waals surface area contributed by atoms with Gasteiger partial charge < -0.3 is 10.2 Å². The maximum absolute atomic E-state index is 13.7. The summed E-state index contributed by atoms with van der Waals surface area (Å²) in [4.78, 5) is 19.4. The molecule has 1 saturated heterocycles. The van der Waals surface area contributed by atoms with Gasteiger partial charge >= 0.3 is 0 Å². The van der Waals surface area contributed by atoms with Crippen LogP contribution in [0.4, 0.5) is 15.9 Å². The third-order valence-electron chi connectivity index (χ3n) is 5.33. The highest BCUT2D eigenvalue weighted by molar-refractivity contribution is 6.04. The van der Waals surface area contributed by atoms with Crippen LogP contribution in [0.3, 0.4) is 0 Å². The van der Waals surface area contributed by atoms with Gasteiger partial charge in [0.1, 0.15) is 17.3 Å². The molecule has 1 fully saturated rings. The largest absolute Gasteiger partial charge is 0.349 e. The second kappa shape index (κ2) is 7.25. The topological polar surface area (TPSA) is 80.4 Å². The molecule has 1 N–H and O–H groups in total. The Hall–Kier alpha value is -3.75. The van der Waals surface area contributed by atoms with Gasteiger partial charge in [-0.2, -0.15) is 10.2 Å². The van der Waals surface area contributed by atoms with E-state index in [-0.39, 0.29) is 17.8 Å². The molecule has 9 heteroatoms. The van der Waals surface area contributed by atoms with Crippen molar-refractivity contribution in [1.29, 1.82) is 0 Å². The average Bonchev–Trinajstić information content (AvgIpc) is 3.47. The summed E-state index contributed by atoms with van der Waals surface area (Å²) in [5.41, 5.74) is 2.31. The Labute approximate surface area is 171 Å². The Morgan fingerprint density at radius 2 is 2.13 bits per heavy atom. The van der Waals surface area contributed by atoms with Crippen LogP contribution in [0.2, 0.25) is 0 Å². The van der Waals surface area contributed by atoms with E-state index in [2.05, 4.69) is 20.4 Å². The zero-order valence-corrected chi connectivity index (χ0v) is 16.4. The Morgan fingerprint density at radius 1 is 1.23 bits per heavy atom. The summed E-state index contributed by atoms with van der Waals surface area (Å²) in [5.74, 6) is 0.206. The fraction of sp³-hybridized carbons (Fsp3) is 0.238. The fourth-order valence-corrected chi connectivity index (χ4v) is 3.93. The molecule has 4 aromatic rings. The quantitative estimate of drug-likeness (QED) is 0.564. The number of carbonyl (C=O) groups excluding carboxylic acids is 1. The molecule has 0 radical (unpaired) electrons. The zero-order chi connectivity index (χ0) is 20.7. The Balaban J connectivity index is 1.46. The van der Waals surface area contributed by atoms with E-state index in [0.29, 0.717) is 17.0 Å². The second-order valence-electron chi connectivity index (χ2n) is 7.35. The lowest BCUT2D eigenvalue weighted by Crippen LogP contribution is -2.24. The molecule has 152 valence electrons. The van der Waals surface area contributed by atoms with Crippen molar-refractivity contribution < 1.29 is 9.18 Å². The van der Waals surface area contributed by atoms with Gasteiger partial charge in [0.2, 0.25) is 0 Å². The lowest BCUT2D eigenvalue weighted by molar-refractivity contribution is 0.102. The summed E-state index contributed by atoms with van der Waals surface area (Å²) >= 11 is 0. The summed E-state index contributed by atoms with van der Waals surface area (Å²) in [6.07, 6.45) is 7.02. The first-order valence-corrected chi connectivity index (χ1v) is 9.76. The summed E-state index contributed by atoms with van der Waals surface area (Å²) in [6.45, 7) is 0.827. The molecule has 30 heavy (non-hydrogen) atoms. The van der Waals surface area contributed by atoms with Crippen LogP contribution in [-0.4, -0.2) is 36.8 Å². The first kappa shape index (κ1) is 18.3. The van der Waals surface area contributed by atoms with Crippen molar-refractivity contribution in [3.8, 4) is 0 Å². The van der Waals surface area contributed by atoms with Crippen molar-refractivity contribution in [3.05, 3.63) is 72.1 Å². The molecule has 1 amide bonds. The lowest BCUT2D eigenvalue weighted by Gasteiger charge is -2.26. The molecule has 3 aromatic heterocycles. The van der Waals surface area contributed by atoms with Crippen molar-refractivity contribution >= 4 is 23.1 Å². The van der Waals surface area contributed by atoms with Crippen LogP contribution in [-0.2, 0) is 7.05 Å². The number of hydrogen-bond donors (Lipinski definition) is 1. The minimum Gasteiger partial charge on any atom is -0.349 e. The lowest BCUT2D eigenvalue weighted by atomic mass is 10.0. The van der Waals surface area contributed by atoms with Gasteiger partial charge in [0.05, 0.1) is 12.2 Å². The molecule has 1 aliphatic heterocycles. The number of nitrogens with zero attached hydrogens (tertiary/aromatic N) is 6. The standard InChI is InChI=1S/C21H20FN7O/c1-27-10-7-16(26-27)21(30)24-17-13-23-29-11-8-19(25-20(17)29)28-9-3-6-18(28)14-4-2-5-15(22)12-14/h2,4-5,7-8,10-13,18H,3,6,9H2,1H3,(H,24,30)/t18-/m1/s1. The smallest absolute Gasteiger partial charge is 0.276 e. The van der Waals surface area contributed by atoms with E-state index in [1.807, 2.05) is 18.3 Å². The number of amides is 1. The van der Waals surface area contributed by atoms with Crippen LogP contribution in [0.1, 0.15) is 34.9 Å². The molecule has 0 unspecified atom stereocenters. The molecule has 1 aliphatic rings. The summed E-state index contributed by atoms with van der Waals surface area (Å²) in [5, 5.41) is 11.2. The van der Waals surface area contributed by atoms with E-state index < -0.39 is 0 Å². The van der Waals surface area contributed by atoms with Gasteiger partial charge in [0.25, 0.3) is 5.91 Å². The minimum absolute atomic E-state index is 0.0603. The van der Waals surface area contributed by atoms with Crippen molar-refractivity contribution in [3.63, 3.8) is 0 Å². The summed E-state index contributed by atoms with van der Waals surface area (Å²) in [6, 6.07) is 10.3. The van der Waals surface area contributed by atoms with E-state index in [9.17, 15) is 9.18 Å². The van der Waals surface area contributed by atoms with Crippen molar-refractivity contribution in [2.45, 2.75) is 18.9 Å². The molecule has 0 saturated carbocycles.